The summed E-state index contributed by atoms with van der Waals surface area (Å²) in [6, 6.07) is 9.70. The summed E-state index contributed by atoms with van der Waals surface area (Å²) in [7, 11) is 0. The number of rotatable bonds is 3. The monoisotopic (exact) mass is 302 g/mol. The standard InChI is InChI=1S/C14H10ClF3O2/c15-10-2-4-11(5-3-10)20-8-9-1-6-12(13(19)7-9)14(16,17)18/h1-7,19H,8H2. The Labute approximate surface area is 118 Å². The first-order chi connectivity index (χ1) is 9.36. The highest BCUT2D eigenvalue weighted by molar-refractivity contribution is 6.30. The molecule has 0 atom stereocenters. The zero-order valence-corrected chi connectivity index (χ0v) is 10.9. The van der Waals surface area contributed by atoms with Gasteiger partial charge in [-0.3, -0.25) is 0 Å². The van der Waals surface area contributed by atoms with Gasteiger partial charge in [0.05, 0.1) is 5.56 Å². The van der Waals surface area contributed by atoms with Crippen molar-refractivity contribution < 1.29 is 23.0 Å². The Morgan fingerprint density at radius 2 is 1.70 bits per heavy atom. The number of phenols is 1. The molecule has 1 N–H and O–H groups in total. The van der Waals surface area contributed by atoms with E-state index in [-0.39, 0.29) is 6.61 Å². The summed E-state index contributed by atoms with van der Waals surface area (Å²) in [5, 5.41) is 9.93. The number of halogens is 4. The van der Waals surface area contributed by atoms with Gasteiger partial charge in [0.25, 0.3) is 0 Å². The van der Waals surface area contributed by atoms with Crippen molar-refractivity contribution in [2.24, 2.45) is 0 Å². The minimum atomic E-state index is -4.57. The SMILES string of the molecule is Oc1cc(COc2ccc(Cl)cc2)ccc1C(F)(F)F. The fraction of sp³-hybridized carbons (Fsp3) is 0.143. The second-order valence-electron chi connectivity index (χ2n) is 4.09. The van der Waals surface area contributed by atoms with E-state index in [0.717, 1.165) is 12.1 Å². The van der Waals surface area contributed by atoms with Gasteiger partial charge in [-0.25, -0.2) is 0 Å². The molecule has 0 saturated heterocycles. The van der Waals surface area contributed by atoms with Crippen molar-refractivity contribution in [2.45, 2.75) is 12.8 Å². The Kier molecular flexibility index (Phi) is 4.09. The molecule has 0 spiro atoms. The van der Waals surface area contributed by atoms with Crippen LogP contribution in [0.2, 0.25) is 5.02 Å². The third-order valence-corrected chi connectivity index (χ3v) is 2.84. The first kappa shape index (κ1) is 14.5. The molecular formula is C14H10ClF3O2. The third-order valence-electron chi connectivity index (χ3n) is 2.59. The zero-order valence-electron chi connectivity index (χ0n) is 10.1. The molecule has 6 heteroatoms. The first-order valence-corrected chi connectivity index (χ1v) is 6.01. The van der Waals surface area contributed by atoms with E-state index < -0.39 is 17.5 Å². The van der Waals surface area contributed by atoms with E-state index in [0.29, 0.717) is 16.3 Å². The minimum absolute atomic E-state index is 0.0489. The minimum Gasteiger partial charge on any atom is -0.507 e. The van der Waals surface area contributed by atoms with Crippen LogP contribution < -0.4 is 4.74 Å². The van der Waals surface area contributed by atoms with Gasteiger partial charge in [-0.15, -0.1) is 0 Å². The summed E-state index contributed by atoms with van der Waals surface area (Å²) >= 11 is 5.71. The highest BCUT2D eigenvalue weighted by Gasteiger charge is 2.33. The lowest BCUT2D eigenvalue weighted by Gasteiger charge is -2.11. The van der Waals surface area contributed by atoms with Crippen LogP contribution in [0.25, 0.3) is 0 Å². The Morgan fingerprint density at radius 1 is 1.05 bits per heavy atom. The van der Waals surface area contributed by atoms with Crippen LogP contribution in [0.3, 0.4) is 0 Å². The second kappa shape index (κ2) is 5.63. The van der Waals surface area contributed by atoms with Gasteiger partial charge in [0.1, 0.15) is 18.1 Å². The van der Waals surface area contributed by atoms with Gasteiger partial charge in [-0.1, -0.05) is 17.7 Å². The van der Waals surface area contributed by atoms with E-state index in [2.05, 4.69) is 0 Å². The molecule has 0 aliphatic carbocycles. The molecule has 0 saturated carbocycles. The van der Waals surface area contributed by atoms with Crippen molar-refractivity contribution in [2.75, 3.05) is 0 Å². The predicted octanol–water partition coefficient (Wildman–Crippen LogP) is 4.64. The molecule has 0 aliphatic heterocycles. The van der Waals surface area contributed by atoms with E-state index in [1.807, 2.05) is 0 Å². The summed E-state index contributed by atoms with van der Waals surface area (Å²) in [6.45, 7) is 0.0489. The zero-order chi connectivity index (χ0) is 14.8. The average Bonchev–Trinajstić information content (AvgIpc) is 2.36. The molecule has 0 unspecified atom stereocenters. The summed E-state index contributed by atoms with van der Waals surface area (Å²) < 4.78 is 42.8. The molecule has 2 aromatic carbocycles. The molecule has 2 aromatic rings. The van der Waals surface area contributed by atoms with Crippen molar-refractivity contribution in [3.8, 4) is 11.5 Å². The summed E-state index contributed by atoms with van der Waals surface area (Å²) in [4.78, 5) is 0. The van der Waals surface area contributed by atoms with Crippen LogP contribution in [-0.4, -0.2) is 5.11 Å². The lowest BCUT2D eigenvalue weighted by atomic mass is 10.1. The van der Waals surface area contributed by atoms with Crippen LogP contribution in [0.15, 0.2) is 42.5 Å². The van der Waals surface area contributed by atoms with Crippen LogP contribution in [0.1, 0.15) is 11.1 Å². The number of hydrogen-bond acceptors (Lipinski definition) is 2. The molecule has 0 amide bonds. The number of benzene rings is 2. The fourth-order valence-corrected chi connectivity index (χ4v) is 1.73. The molecule has 106 valence electrons. The quantitative estimate of drug-likeness (QED) is 0.894. The maximum Gasteiger partial charge on any atom is 0.419 e. The number of alkyl halides is 3. The van der Waals surface area contributed by atoms with Crippen molar-refractivity contribution >= 4 is 11.6 Å². The molecule has 0 fully saturated rings. The van der Waals surface area contributed by atoms with Gasteiger partial charge >= 0.3 is 6.18 Å². The van der Waals surface area contributed by atoms with E-state index in [1.165, 1.54) is 6.07 Å². The first-order valence-electron chi connectivity index (χ1n) is 5.64. The van der Waals surface area contributed by atoms with Crippen molar-refractivity contribution in [3.05, 3.63) is 58.6 Å². The van der Waals surface area contributed by atoms with Crippen LogP contribution in [0.4, 0.5) is 13.2 Å². The van der Waals surface area contributed by atoms with Gasteiger partial charge < -0.3 is 9.84 Å². The van der Waals surface area contributed by atoms with Crippen molar-refractivity contribution in [1.82, 2.24) is 0 Å². The van der Waals surface area contributed by atoms with Crippen LogP contribution in [-0.2, 0) is 12.8 Å². The summed E-state index contributed by atoms with van der Waals surface area (Å²) in [6.07, 6.45) is -4.57. The molecule has 0 aromatic heterocycles. The maximum absolute atomic E-state index is 12.5. The largest absolute Gasteiger partial charge is 0.507 e. The number of phenolic OH excluding ortho intramolecular Hbond substituents is 1. The van der Waals surface area contributed by atoms with E-state index in [1.54, 1.807) is 24.3 Å². The van der Waals surface area contributed by atoms with Crippen molar-refractivity contribution in [3.63, 3.8) is 0 Å². The fourth-order valence-electron chi connectivity index (χ4n) is 1.60. The van der Waals surface area contributed by atoms with Crippen LogP contribution in [0, 0.1) is 0 Å². The molecule has 2 rings (SSSR count). The Balaban J connectivity index is 2.07. The Hall–Kier alpha value is -1.88. The van der Waals surface area contributed by atoms with Gasteiger partial charge in [-0.2, -0.15) is 13.2 Å². The summed E-state index contributed by atoms with van der Waals surface area (Å²) in [5.74, 6) is -0.275. The molecule has 0 radical (unpaired) electrons. The van der Waals surface area contributed by atoms with E-state index in [4.69, 9.17) is 16.3 Å². The molecule has 0 heterocycles. The topological polar surface area (TPSA) is 29.5 Å². The van der Waals surface area contributed by atoms with Crippen LogP contribution >= 0.6 is 11.6 Å². The summed E-state index contributed by atoms with van der Waals surface area (Å²) in [5.41, 5.74) is -0.627. The van der Waals surface area contributed by atoms with Gasteiger partial charge in [0.15, 0.2) is 0 Å². The van der Waals surface area contributed by atoms with Gasteiger partial charge in [0.2, 0.25) is 0 Å². The average molecular weight is 303 g/mol. The van der Waals surface area contributed by atoms with Gasteiger partial charge in [-0.05, 0) is 42.0 Å². The number of hydrogen-bond donors (Lipinski definition) is 1. The van der Waals surface area contributed by atoms with Crippen LogP contribution in [0.5, 0.6) is 11.5 Å². The Bertz CT molecular complexity index is 594. The van der Waals surface area contributed by atoms with E-state index in [9.17, 15) is 18.3 Å². The lowest BCUT2D eigenvalue weighted by molar-refractivity contribution is -0.138. The van der Waals surface area contributed by atoms with E-state index >= 15 is 0 Å². The number of ether oxygens (including phenoxy) is 1. The smallest absolute Gasteiger partial charge is 0.419 e. The number of aromatic hydroxyl groups is 1. The lowest BCUT2D eigenvalue weighted by Crippen LogP contribution is -2.06. The predicted molar refractivity (Wildman–Crippen MR) is 68.9 cm³/mol. The maximum atomic E-state index is 12.5. The normalized spacial score (nSPS) is 11.4. The molecule has 20 heavy (non-hydrogen) atoms. The Morgan fingerprint density at radius 3 is 2.25 bits per heavy atom. The molecule has 0 bridgehead atoms. The third kappa shape index (κ3) is 3.57. The second-order valence-corrected chi connectivity index (χ2v) is 4.53. The molecule has 2 nitrogen and oxygen atoms in total. The highest BCUT2D eigenvalue weighted by Crippen LogP contribution is 2.36. The van der Waals surface area contributed by atoms with Gasteiger partial charge in [0, 0.05) is 5.02 Å². The molecular weight excluding hydrogens is 293 g/mol. The highest BCUT2D eigenvalue weighted by atomic mass is 35.5. The van der Waals surface area contributed by atoms with Crippen molar-refractivity contribution in [1.29, 1.82) is 0 Å². The molecule has 0 aliphatic rings.